The molecule has 3 rings (SSSR count). The van der Waals surface area contributed by atoms with Crippen LogP contribution in [0.2, 0.25) is 0 Å². The highest BCUT2D eigenvalue weighted by atomic mass is 16.5. The first-order chi connectivity index (χ1) is 7.70. The van der Waals surface area contributed by atoms with Crippen LogP contribution in [0.5, 0.6) is 0 Å². The first kappa shape index (κ1) is 10.6. The van der Waals surface area contributed by atoms with E-state index in [0.717, 1.165) is 36.8 Å². The van der Waals surface area contributed by atoms with Crippen molar-refractivity contribution in [1.82, 2.24) is 4.90 Å². The highest BCUT2D eigenvalue weighted by Crippen LogP contribution is 2.55. The Labute approximate surface area is 97.1 Å². The lowest BCUT2D eigenvalue weighted by atomic mass is 9.82. The molecule has 16 heavy (non-hydrogen) atoms. The highest BCUT2D eigenvalue weighted by Gasteiger charge is 2.52. The largest absolute Gasteiger partial charge is 0.468 e. The third-order valence-electron chi connectivity index (χ3n) is 5.26. The molecule has 3 aliphatic rings. The number of ether oxygens (including phenoxy) is 1. The summed E-state index contributed by atoms with van der Waals surface area (Å²) in [7, 11) is 1.49. The minimum absolute atomic E-state index is 0.0463. The van der Waals surface area contributed by atoms with Crippen molar-refractivity contribution in [3.8, 4) is 0 Å². The molecule has 3 heteroatoms. The Morgan fingerprint density at radius 1 is 1.25 bits per heavy atom. The summed E-state index contributed by atoms with van der Waals surface area (Å²) < 4.78 is 4.84. The summed E-state index contributed by atoms with van der Waals surface area (Å²) in [5.74, 6) is 3.61. The number of carbonyl (C=O) groups is 1. The van der Waals surface area contributed by atoms with Gasteiger partial charge in [0.25, 0.3) is 0 Å². The maximum Gasteiger partial charge on any atom is 0.322 e. The fraction of sp³-hybridized carbons (Fsp3) is 0.923. The lowest BCUT2D eigenvalue weighted by Gasteiger charge is -2.23. The van der Waals surface area contributed by atoms with Gasteiger partial charge in [0.15, 0.2) is 0 Å². The second-order valence-corrected chi connectivity index (χ2v) is 5.81. The summed E-state index contributed by atoms with van der Waals surface area (Å²) in [6.45, 7) is 4.24. The zero-order chi connectivity index (χ0) is 11.3. The molecule has 5 atom stereocenters. The fourth-order valence-corrected chi connectivity index (χ4v) is 4.35. The van der Waals surface area contributed by atoms with Crippen LogP contribution < -0.4 is 0 Å². The van der Waals surface area contributed by atoms with E-state index in [1.54, 1.807) is 0 Å². The van der Waals surface area contributed by atoms with Crippen molar-refractivity contribution in [3.05, 3.63) is 0 Å². The summed E-state index contributed by atoms with van der Waals surface area (Å²) in [5.41, 5.74) is 0. The van der Waals surface area contributed by atoms with Crippen LogP contribution in [0.25, 0.3) is 0 Å². The summed E-state index contributed by atoms with van der Waals surface area (Å²) in [4.78, 5) is 13.9. The van der Waals surface area contributed by atoms with Crippen LogP contribution in [0.4, 0.5) is 0 Å². The van der Waals surface area contributed by atoms with Gasteiger partial charge in [-0.25, -0.2) is 0 Å². The molecule has 1 aliphatic heterocycles. The van der Waals surface area contributed by atoms with Gasteiger partial charge in [-0.3, -0.25) is 9.69 Å². The number of nitrogens with zero attached hydrogens (tertiary/aromatic N) is 1. The molecule has 0 spiro atoms. The fourth-order valence-electron chi connectivity index (χ4n) is 4.35. The van der Waals surface area contributed by atoms with Gasteiger partial charge in [-0.15, -0.1) is 0 Å². The van der Waals surface area contributed by atoms with Crippen molar-refractivity contribution in [3.63, 3.8) is 0 Å². The maximum atomic E-state index is 11.5. The Bertz CT molecular complexity index is 286. The van der Waals surface area contributed by atoms with E-state index in [4.69, 9.17) is 4.74 Å². The van der Waals surface area contributed by atoms with E-state index in [9.17, 15) is 4.79 Å². The first-order valence-electron chi connectivity index (χ1n) is 6.52. The topological polar surface area (TPSA) is 29.5 Å². The van der Waals surface area contributed by atoms with Gasteiger partial charge in [0.1, 0.15) is 6.04 Å². The Hall–Kier alpha value is -0.570. The molecule has 1 saturated heterocycles. The molecule has 2 bridgehead atoms. The number of likely N-dealkylation sites (tertiary alicyclic amines) is 1. The average molecular weight is 223 g/mol. The Balaban J connectivity index is 1.68. The quantitative estimate of drug-likeness (QED) is 0.665. The smallest absolute Gasteiger partial charge is 0.322 e. The predicted octanol–water partition coefficient (Wildman–Crippen LogP) is 1.53. The number of esters is 1. The second-order valence-electron chi connectivity index (χ2n) is 5.81. The molecule has 0 aromatic heterocycles. The molecule has 2 saturated carbocycles. The number of hydrogen-bond donors (Lipinski definition) is 0. The molecule has 0 aromatic carbocycles. The molecule has 0 radical (unpaired) electrons. The molecule has 3 nitrogen and oxygen atoms in total. The van der Waals surface area contributed by atoms with Crippen molar-refractivity contribution in [1.29, 1.82) is 0 Å². The number of methoxy groups -OCH3 is 1. The summed E-state index contributed by atoms with van der Waals surface area (Å²) in [5, 5.41) is 0. The molecule has 90 valence electrons. The Morgan fingerprint density at radius 3 is 2.31 bits per heavy atom. The molecule has 0 aromatic rings. The van der Waals surface area contributed by atoms with E-state index in [2.05, 4.69) is 4.90 Å². The normalized spacial score (nSPS) is 43.4. The SMILES string of the molecule is COC(=O)[C@@H](C)N1C[C@@H]2[C@@H]3CC[C@@H](C3)[C@@H]2C1. The molecule has 0 N–H and O–H groups in total. The minimum atomic E-state index is -0.0766. The minimum Gasteiger partial charge on any atom is -0.468 e. The maximum absolute atomic E-state index is 11.5. The monoisotopic (exact) mass is 223 g/mol. The van der Waals surface area contributed by atoms with Gasteiger partial charge >= 0.3 is 5.97 Å². The zero-order valence-corrected chi connectivity index (χ0v) is 10.2. The van der Waals surface area contributed by atoms with Crippen molar-refractivity contribution < 1.29 is 9.53 Å². The Kier molecular flexibility index (Phi) is 2.46. The third kappa shape index (κ3) is 1.41. The average Bonchev–Trinajstić information content (AvgIpc) is 2.97. The summed E-state index contributed by atoms with van der Waals surface area (Å²) in [6.07, 6.45) is 4.34. The van der Waals surface area contributed by atoms with Crippen LogP contribution in [-0.2, 0) is 9.53 Å². The van der Waals surface area contributed by atoms with Gasteiger partial charge in [-0.05, 0) is 49.9 Å². The van der Waals surface area contributed by atoms with Crippen molar-refractivity contribution >= 4 is 5.97 Å². The van der Waals surface area contributed by atoms with Gasteiger partial charge in [-0.2, -0.15) is 0 Å². The molecular weight excluding hydrogens is 202 g/mol. The number of fused-ring (bicyclic) bond motifs is 5. The van der Waals surface area contributed by atoms with Crippen LogP contribution in [0.15, 0.2) is 0 Å². The number of hydrogen-bond acceptors (Lipinski definition) is 3. The van der Waals surface area contributed by atoms with Crippen molar-refractivity contribution in [2.75, 3.05) is 20.2 Å². The van der Waals surface area contributed by atoms with E-state index in [1.165, 1.54) is 26.4 Å². The molecule has 2 aliphatic carbocycles. The molecule has 1 heterocycles. The number of carbonyl (C=O) groups excluding carboxylic acids is 1. The van der Waals surface area contributed by atoms with Crippen LogP contribution in [0.3, 0.4) is 0 Å². The van der Waals surface area contributed by atoms with Gasteiger partial charge in [-0.1, -0.05) is 0 Å². The third-order valence-corrected chi connectivity index (χ3v) is 5.26. The van der Waals surface area contributed by atoms with E-state index >= 15 is 0 Å². The lowest BCUT2D eigenvalue weighted by Crippen LogP contribution is -2.39. The van der Waals surface area contributed by atoms with Gasteiger partial charge in [0, 0.05) is 13.1 Å². The van der Waals surface area contributed by atoms with E-state index < -0.39 is 0 Å². The van der Waals surface area contributed by atoms with Crippen molar-refractivity contribution in [2.24, 2.45) is 23.7 Å². The van der Waals surface area contributed by atoms with Crippen LogP contribution in [-0.4, -0.2) is 37.1 Å². The van der Waals surface area contributed by atoms with Crippen LogP contribution in [0, 0.1) is 23.7 Å². The van der Waals surface area contributed by atoms with Gasteiger partial charge in [0.2, 0.25) is 0 Å². The van der Waals surface area contributed by atoms with E-state index in [0.29, 0.717) is 0 Å². The zero-order valence-electron chi connectivity index (χ0n) is 10.2. The standard InChI is InChI=1S/C13H21NO2/c1-8(13(15)16-2)14-6-11-9-3-4-10(5-9)12(11)7-14/h8-12H,3-7H2,1-2H3/t8-,9-,10+,11-,12+/m1/s1. The molecule has 0 amide bonds. The van der Waals surface area contributed by atoms with E-state index in [-0.39, 0.29) is 12.0 Å². The van der Waals surface area contributed by atoms with E-state index in [1.807, 2.05) is 6.92 Å². The lowest BCUT2D eigenvalue weighted by molar-refractivity contribution is -0.146. The summed E-state index contributed by atoms with van der Waals surface area (Å²) in [6, 6.07) is -0.0463. The highest BCUT2D eigenvalue weighted by molar-refractivity contribution is 5.75. The molecule has 3 fully saturated rings. The predicted molar refractivity (Wildman–Crippen MR) is 60.9 cm³/mol. The second kappa shape index (κ2) is 3.73. The first-order valence-corrected chi connectivity index (χ1v) is 6.52. The van der Waals surface area contributed by atoms with Crippen LogP contribution >= 0.6 is 0 Å². The van der Waals surface area contributed by atoms with Crippen LogP contribution in [0.1, 0.15) is 26.2 Å². The molecule has 0 unspecified atom stereocenters. The summed E-state index contributed by atoms with van der Waals surface area (Å²) >= 11 is 0. The number of rotatable bonds is 2. The Morgan fingerprint density at radius 2 is 1.81 bits per heavy atom. The molecular formula is C13H21NO2. The van der Waals surface area contributed by atoms with Gasteiger partial charge in [0.05, 0.1) is 7.11 Å². The van der Waals surface area contributed by atoms with Gasteiger partial charge < -0.3 is 4.74 Å². The van der Waals surface area contributed by atoms with Crippen molar-refractivity contribution in [2.45, 2.75) is 32.2 Å².